The number of hydrogen-bond donors (Lipinski definition) is 2. The highest BCUT2D eigenvalue weighted by Gasteiger charge is 1.99. The van der Waals surface area contributed by atoms with Crippen LogP contribution in [0.2, 0.25) is 0 Å². The molecule has 0 aromatic heterocycles. The molecule has 0 bridgehead atoms. The normalized spacial score (nSPS) is 13.5. The lowest BCUT2D eigenvalue weighted by molar-refractivity contribution is 0.0277. The van der Waals surface area contributed by atoms with Crippen molar-refractivity contribution in [2.45, 2.75) is 19.1 Å². The summed E-state index contributed by atoms with van der Waals surface area (Å²) in [6.07, 6.45) is 1.63. The van der Waals surface area contributed by atoms with Gasteiger partial charge in [0.1, 0.15) is 6.23 Å². The fourth-order valence-electron chi connectivity index (χ4n) is 0.566. The first kappa shape index (κ1) is 10.4. The van der Waals surface area contributed by atoms with Crippen molar-refractivity contribution in [1.82, 2.24) is 0 Å². The molecule has 0 aromatic rings. The first-order chi connectivity index (χ1) is 4.81. The molecule has 4 heteroatoms. The summed E-state index contributed by atoms with van der Waals surface area (Å²) in [5.74, 6) is 0. The third-order valence-electron chi connectivity index (χ3n) is 1.05. The van der Waals surface area contributed by atoms with Gasteiger partial charge in [0.2, 0.25) is 0 Å². The topological polar surface area (TPSA) is 55.5 Å². The van der Waals surface area contributed by atoms with E-state index in [1.165, 1.54) is 0 Å². The van der Waals surface area contributed by atoms with Crippen molar-refractivity contribution in [3.63, 3.8) is 0 Å². The Morgan fingerprint density at radius 1 is 1.60 bits per heavy atom. The second-order valence-corrected chi connectivity index (χ2v) is 2.76. The van der Waals surface area contributed by atoms with Crippen LogP contribution in [0, 0.1) is 0 Å². The highest BCUT2D eigenvalue weighted by atomic mass is 79.9. The van der Waals surface area contributed by atoms with E-state index in [0.717, 1.165) is 18.2 Å². The molecular weight excluding hydrogens is 198 g/mol. The predicted molar refractivity (Wildman–Crippen MR) is 44.0 cm³/mol. The molecule has 1 atom stereocenters. The van der Waals surface area contributed by atoms with E-state index in [4.69, 9.17) is 15.6 Å². The van der Waals surface area contributed by atoms with Crippen LogP contribution in [0.15, 0.2) is 0 Å². The maximum atomic E-state index is 8.35. The van der Waals surface area contributed by atoms with Crippen LogP contribution in [0.3, 0.4) is 0 Å². The van der Waals surface area contributed by atoms with Gasteiger partial charge < -0.3 is 15.6 Å². The summed E-state index contributed by atoms with van der Waals surface area (Å²) < 4.78 is 5.00. The minimum Gasteiger partial charge on any atom is -0.394 e. The molecule has 0 amide bonds. The number of rotatable bonds is 6. The second-order valence-electron chi connectivity index (χ2n) is 1.96. The molecule has 0 saturated heterocycles. The number of halogens is 1. The van der Waals surface area contributed by atoms with Gasteiger partial charge in [-0.25, -0.2) is 0 Å². The van der Waals surface area contributed by atoms with Gasteiger partial charge >= 0.3 is 0 Å². The molecule has 0 aliphatic heterocycles. The second kappa shape index (κ2) is 7.47. The highest BCUT2D eigenvalue weighted by molar-refractivity contribution is 9.09. The van der Waals surface area contributed by atoms with Gasteiger partial charge in [0, 0.05) is 5.33 Å². The largest absolute Gasteiger partial charge is 0.394 e. The van der Waals surface area contributed by atoms with Crippen LogP contribution in [0.5, 0.6) is 0 Å². The average molecular weight is 212 g/mol. The van der Waals surface area contributed by atoms with E-state index < -0.39 is 0 Å². The highest BCUT2D eigenvalue weighted by Crippen LogP contribution is 1.98. The zero-order valence-corrected chi connectivity index (χ0v) is 7.51. The van der Waals surface area contributed by atoms with Crippen molar-refractivity contribution in [2.75, 3.05) is 18.5 Å². The Labute approximate surface area is 69.7 Å². The van der Waals surface area contributed by atoms with Crippen molar-refractivity contribution in [2.24, 2.45) is 5.73 Å². The first-order valence-electron chi connectivity index (χ1n) is 3.35. The van der Waals surface area contributed by atoms with Crippen molar-refractivity contribution >= 4 is 15.9 Å². The van der Waals surface area contributed by atoms with Crippen molar-refractivity contribution in [3.05, 3.63) is 0 Å². The molecule has 0 spiro atoms. The molecular formula is C6H14BrNO2. The Balaban J connectivity index is 3.00. The Morgan fingerprint density at radius 2 is 2.30 bits per heavy atom. The fourth-order valence-corrected chi connectivity index (χ4v) is 0.889. The molecule has 0 fully saturated rings. The molecule has 3 N–H and O–H groups in total. The third kappa shape index (κ3) is 6.48. The molecule has 62 valence electrons. The molecule has 0 saturated carbocycles. The lowest BCUT2D eigenvalue weighted by Crippen LogP contribution is -2.25. The number of aliphatic hydroxyl groups excluding tert-OH is 1. The molecule has 0 unspecified atom stereocenters. The fraction of sp³-hybridized carbons (Fsp3) is 1.00. The van der Waals surface area contributed by atoms with E-state index in [0.29, 0.717) is 6.61 Å². The van der Waals surface area contributed by atoms with Gasteiger partial charge in [0.25, 0.3) is 0 Å². The zero-order chi connectivity index (χ0) is 7.82. The van der Waals surface area contributed by atoms with E-state index in [2.05, 4.69) is 15.9 Å². The van der Waals surface area contributed by atoms with Crippen molar-refractivity contribution in [3.8, 4) is 0 Å². The number of nitrogens with two attached hydrogens (primary N) is 1. The van der Waals surface area contributed by atoms with Gasteiger partial charge in [-0.2, -0.15) is 0 Å². The molecule has 3 nitrogen and oxygen atoms in total. The maximum Gasteiger partial charge on any atom is 0.105 e. The summed E-state index contributed by atoms with van der Waals surface area (Å²) in [4.78, 5) is 0. The number of alkyl halides is 1. The molecule has 0 aliphatic rings. The minimum absolute atomic E-state index is 0.0437. The smallest absolute Gasteiger partial charge is 0.105 e. The van der Waals surface area contributed by atoms with E-state index >= 15 is 0 Å². The molecule has 0 aliphatic carbocycles. The van der Waals surface area contributed by atoms with E-state index in [-0.39, 0.29) is 12.8 Å². The van der Waals surface area contributed by atoms with Crippen molar-refractivity contribution < 1.29 is 9.84 Å². The number of ether oxygens (including phenoxy) is 1. The molecule has 0 heterocycles. The van der Waals surface area contributed by atoms with Gasteiger partial charge in [-0.05, 0) is 12.8 Å². The quantitative estimate of drug-likeness (QED) is 0.496. The Bertz CT molecular complexity index is 64.8. The Hall–Kier alpha value is 0.360. The summed E-state index contributed by atoms with van der Waals surface area (Å²) in [6, 6.07) is 0. The van der Waals surface area contributed by atoms with Gasteiger partial charge in [-0.3, -0.25) is 0 Å². The third-order valence-corrected chi connectivity index (χ3v) is 1.61. The van der Waals surface area contributed by atoms with E-state index in [1.807, 2.05) is 0 Å². The van der Waals surface area contributed by atoms with Gasteiger partial charge in [0.05, 0.1) is 13.2 Å². The average Bonchev–Trinajstić information content (AvgIpc) is 1.97. The van der Waals surface area contributed by atoms with Gasteiger partial charge in [-0.15, -0.1) is 0 Å². The zero-order valence-electron chi connectivity index (χ0n) is 5.92. The first-order valence-corrected chi connectivity index (χ1v) is 4.47. The van der Waals surface area contributed by atoms with Gasteiger partial charge in [-0.1, -0.05) is 15.9 Å². The monoisotopic (exact) mass is 211 g/mol. The van der Waals surface area contributed by atoms with Crippen LogP contribution in [0.1, 0.15) is 12.8 Å². The van der Waals surface area contributed by atoms with E-state index in [9.17, 15) is 0 Å². The van der Waals surface area contributed by atoms with Crippen LogP contribution in [-0.4, -0.2) is 29.9 Å². The van der Waals surface area contributed by atoms with Crippen molar-refractivity contribution in [1.29, 1.82) is 0 Å². The molecule has 0 radical (unpaired) electrons. The summed E-state index contributed by atoms with van der Waals surface area (Å²) >= 11 is 3.29. The lowest BCUT2D eigenvalue weighted by atomic mass is 10.3. The van der Waals surface area contributed by atoms with Crippen LogP contribution in [-0.2, 0) is 4.74 Å². The van der Waals surface area contributed by atoms with Gasteiger partial charge in [0.15, 0.2) is 0 Å². The predicted octanol–water partition coefficient (Wildman–Crippen LogP) is 0.455. The molecule has 0 aromatic carbocycles. The number of aliphatic hydroxyl groups is 1. The minimum atomic E-state index is -0.218. The van der Waals surface area contributed by atoms with E-state index in [1.54, 1.807) is 0 Å². The standard InChI is InChI=1S/C6H14BrNO2/c7-3-1-2-6(8)10-5-4-9/h6,9H,1-5,8H2/t6-/m1/s1. The summed E-state index contributed by atoms with van der Waals surface area (Å²) in [6.45, 7) is 0.380. The van der Waals surface area contributed by atoms with Crippen LogP contribution >= 0.6 is 15.9 Å². The number of hydrogen-bond acceptors (Lipinski definition) is 3. The summed E-state index contributed by atoms with van der Waals surface area (Å²) in [7, 11) is 0. The molecule has 0 rings (SSSR count). The summed E-state index contributed by atoms with van der Waals surface area (Å²) in [5, 5.41) is 9.30. The van der Waals surface area contributed by atoms with Crippen LogP contribution in [0.4, 0.5) is 0 Å². The van der Waals surface area contributed by atoms with Crippen LogP contribution in [0.25, 0.3) is 0 Å². The lowest BCUT2D eigenvalue weighted by Gasteiger charge is -2.10. The Kier molecular flexibility index (Phi) is 7.74. The molecule has 10 heavy (non-hydrogen) atoms. The van der Waals surface area contributed by atoms with Crippen LogP contribution < -0.4 is 5.73 Å². The summed E-state index contributed by atoms with van der Waals surface area (Å²) in [5.41, 5.74) is 5.49. The SMILES string of the molecule is N[C@@H](CCCBr)OCCO. The maximum absolute atomic E-state index is 8.35. The Morgan fingerprint density at radius 3 is 2.80 bits per heavy atom.